The molecule has 0 saturated carbocycles. The third-order valence-corrected chi connectivity index (χ3v) is 5.57. The highest BCUT2D eigenvalue weighted by Crippen LogP contribution is 2.22. The Morgan fingerprint density at radius 1 is 1.12 bits per heavy atom. The van der Waals surface area contributed by atoms with Crippen LogP contribution in [0.4, 0.5) is 0 Å². The topological polar surface area (TPSA) is 30.9 Å². The first-order valence-electron chi connectivity index (χ1n) is 8.58. The minimum atomic E-state index is 0.265. The maximum absolute atomic E-state index is 12.8. The van der Waals surface area contributed by atoms with Gasteiger partial charge in [-0.15, -0.1) is 0 Å². The van der Waals surface area contributed by atoms with Crippen LogP contribution in [0.15, 0.2) is 34.8 Å². The van der Waals surface area contributed by atoms with E-state index in [0.717, 1.165) is 53.3 Å². The molecule has 0 spiro atoms. The second kappa shape index (κ2) is 7.21. The van der Waals surface area contributed by atoms with E-state index in [4.69, 9.17) is 0 Å². The van der Waals surface area contributed by atoms with Crippen molar-refractivity contribution in [2.24, 2.45) is 0 Å². The van der Waals surface area contributed by atoms with E-state index >= 15 is 0 Å². The average molecular weight is 392 g/mol. The molecule has 1 aromatic carbocycles. The Bertz CT molecular complexity index is 728. The molecule has 128 valence electrons. The molecule has 2 heterocycles. The van der Waals surface area contributed by atoms with Crippen molar-refractivity contribution in [3.63, 3.8) is 0 Å². The maximum Gasteiger partial charge on any atom is 0.218 e. The fourth-order valence-electron chi connectivity index (χ4n) is 3.56. The van der Waals surface area contributed by atoms with Crippen LogP contribution in [0.3, 0.4) is 0 Å². The molecule has 2 aromatic rings. The molecule has 24 heavy (non-hydrogen) atoms. The number of Topliss-reactive ketones (excluding diaryl/α,β-unsaturated/α-hetero) is 1. The molecule has 1 saturated heterocycles. The van der Waals surface area contributed by atoms with E-state index in [9.17, 15) is 4.79 Å². The van der Waals surface area contributed by atoms with Gasteiger partial charge in [0.05, 0.1) is 7.05 Å². The monoisotopic (exact) mass is 391 g/mol. The van der Waals surface area contributed by atoms with Crippen LogP contribution < -0.4 is 9.80 Å². The lowest BCUT2D eigenvalue weighted by Crippen LogP contribution is -3.27. The number of aryl methyl sites for hydroxylation is 1. The molecular formula is C19H26BrN3O+2. The second-order valence-corrected chi connectivity index (χ2v) is 7.82. The third kappa shape index (κ3) is 3.63. The maximum atomic E-state index is 12.8. The zero-order valence-corrected chi connectivity index (χ0v) is 16.2. The molecule has 0 amide bonds. The Hall–Kier alpha value is -1.43. The molecule has 1 fully saturated rings. The van der Waals surface area contributed by atoms with Crippen molar-refractivity contribution in [2.75, 3.05) is 39.8 Å². The Labute approximate surface area is 152 Å². The molecule has 3 rings (SSSR count). The highest BCUT2D eigenvalue weighted by molar-refractivity contribution is 9.10. The van der Waals surface area contributed by atoms with Gasteiger partial charge in [0.2, 0.25) is 5.78 Å². The van der Waals surface area contributed by atoms with Crippen molar-refractivity contribution >= 4 is 21.7 Å². The average Bonchev–Trinajstić information content (AvgIpc) is 2.85. The van der Waals surface area contributed by atoms with Gasteiger partial charge in [0, 0.05) is 27.1 Å². The number of benzene rings is 1. The van der Waals surface area contributed by atoms with Crippen molar-refractivity contribution in [3.8, 4) is 5.69 Å². The summed E-state index contributed by atoms with van der Waals surface area (Å²) in [6.07, 6.45) is 0. The molecule has 0 atom stereocenters. The van der Waals surface area contributed by atoms with Gasteiger partial charge in [-0.25, -0.2) is 0 Å². The van der Waals surface area contributed by atoms with Gasteiger partial charge >= 0.3 is 0 Å². The smallest absolute Gasteiger partial charge is 0.218 e. The van der Waals surface area contributed by atoms with Crippen molar-refractivity contribution in [2.45, 2.75) is 13.8 Å². The number of ketones is 1. The van der Waals surface area contributed by atoms with E-state index in [1.807, 2.05) is 25.1 Å². The normalized spacial score (nSPS) is 21.0. The molecule has 4 nitrogen and oxygen atoms in total. The lowest BCUT2D eigenvalue weighted by Gasteiger charge is -2.26. The van der Waals surface area contributed by atoms with Crippen LogP contribution in [-0.2, 0) is 0 Å². The van der Waals surface area contributed by atoms with E-state index in [-0.39, 0.29) is 5.78 Å². The predicted octanol–water partition coefficient (Wildman–Crippen LogP) is 0.453. The number of halogens is 1. The quantitative estimate of drug-likeness (QED) is 0.728. The van der Waals surface area contributed by atoms with E-state index in [1.165, 1.54) is 4.90 Å². The van der Waals surface area contributed by atoms with E-state index < -0.39 is 0 Å². The first-order valence-corrected chi connectivity index (χ1v) is 9.38. The van der Waals surface area contributed by atoms with Crippen molar-refractivity contribution < 1.29 is 14.6 Å². The number of likely N-dealkylation sites (N-methyl/N-ethyl adjacent to an activating group) is 1. The first-order chi connectivity index (χ1) is 11.5. The minimum Gasteiger partial charge on any atom is -0.328 e. The van der Waals surface area contributed by atoms with Crippen LogP contribution in [0.25, 0.3) is 5.69 Å². The van der Waals surface area contributed by atoms with Gasteiger partial charge < -0.3 is 14.4 Å². The molecule has 0 unspecified atom stereocenters. The van der Waals surface area contributed by atoms with Gasteiger partial charge in [0.1, 0.15) is 32.7 Å². The predicted molar refractivity (Wildman–Crippen MR) is 99.5 cm³/mol. The van der Waals surface area contributed by atoms with E-state index in [1.54, 1.807) is 4.90 Å². The minimum absolute atomic E-state index is 0.265. The second-order valence-electron chi connectivity index (χ2n) is 6.90. The number of hydrogen-bond donors (Lipinski definition) is 2. The molecule has 1 aromatic heterocycles. The van der Waals surface area contributed by atoms with Gasteiger partial charge in [-0.1, -0.05) is 15.9 Å². The van der Waals surface area contributed by atoms with Gasteiger partial charge in [-0.05, 0) is 44.2 Å². The zero-order chi connectivity index (χ0) is 17.3. The third-order valence-electron chi connectivity index (χ3n) is 5.04. The van der Waals surface area contributed by atoms with Crippen molar-refractivity contribution in [3.05, 3.63) is 51.8 Å². The van der Waals surface area contributed by atoms with Gasteiger partial charge in [0.15, 0.2) is 0 Å². The molecule has 2 N–H and O–H groups in total. The van der Waals surface area contributed by atoms with Gasteiger partial charge in [-0.3, -0.25) is 4.79 Å². The van der Waals surface area contributed by atoms with E-state index in [2.05, 4.69) is 46.6 Å². The summed E-state index contributed by atoms with van der Waals surface area (Å²) in [7, 11) is 2.23. The van der Waals surface area contributed by atoms with Gasteiger partial charge in [0.25, 0.3) is 0 Å². The molecule has 0 radical (unpaired) electrons. The Balaban J connectivity index is 1.80. The lowest BCUT2D eigenvalue weighted by atomic mass is 10.1. The number of nitrogens with zero attached hydrogens (tertiary/aromatic N) is 1. The largest absolute Gasteiger partial charge is 0.328 e. The summed E-state index contributed by atoms with van der Waals surface area (Å²) in [6, 6.07) is 10.3. The summed E-state index contributed by atoms with van der Waals surface area (Å²) in [5, 5.41) is 0. The Morgan fingerprint density at radius 2 is 1.75 bits per heavy atom. The number of quaternary nitrogens is 2. The highest BCUT2D eigenvalue weighted by Gasteiger charge is 2.25. The van der Waals surface area contributed by atoms with Crippen LogP contribution in [0.1, 0.15) is 21.7 Å². The highest BCUT2D eigenvalue weighted by atomic mass is 79.9. The summed E-state index contributed by atoms with van der Waals surface area (Å²) in [6.45, 7) is 9.20. The van der Waals surface area contributed by atoms with Crippen LogP contribution in [0.5, 0.6) is 0 Å². The van der Waals surface area contributed by atoms with Crippen LogP contribution >= 0.6 is 15.9 Å². The molecule has 1 aliphatic rings. The number of aromatic nitrogens is 1. The van der Waals surface area contributed by atoms with Crippen LogP contribution in [-0.4, -0.2) is 50.1 Å². The van der Waals surface area contributed by atoms with Gasteiger partial charge in [-0.2, -0.15) is 0 Å². The lowest BCUT2D eigenvalue weighted by molar-refractivity contribution is -0.999. The number of carbonyl (C=O) groups excluding carboxylic acids is 1. The Kier molecular flexibility index (Phi) is 5.23. The standard InChI is InChI=1S/C19H24BrN3O/c1-14-12-18(19(24)13-22-10-8-21(3)9-11-22)15(2)23(14)17-6-4-16(20)5-7-17/h4-7,12H,8-11,13H2,1-3H3/p+2. The van der Waals surface area contributed by atoms with E-state index in [0.29, 0.717) is 6.54 Å². The molecule has 0 bridgehead atoms. The fraction of sp³-hybridized carbons (Fsp3) is 0.421. The summed E-state index contributed by atoms with van der Waals surface area (Å²) < 4.78 is 3.23. The fourth-order valence-corrected chi connectivity index (χ4v) is 3.83. The molecule has 5 heteroatoms. The van der Waals surface area contributed by atoms with Crippen LogP contribution in [0, 0.1) is 13.8 Å². The van der Waals surface area contributed by atoms with Crippen molar-refractivity contribution in [1.82, 2.24) is 4.57 Å². The van der Waals surface area contributed by atoms with Crippen LogP contribution in [0.2, 0.25) is 0 Å². The number of carbonyl (C=O) groups is 1. The summed E-state index contributed by atoms with van der Waals surface area (Å²) in [5.74, 6) is 0.265. The summed E-state index contributed by atoms with van der Waals surface area (Å²) >= 11 is 3.48. The summed E-state index contributed by atoms with van der Waals surface area (Å²) in [4.78, 5) is 15.8. The zero-order valence-electron chi connectivity index (χ0n) is 14.7. The van der Waals surface area contributed by atoms with Crippen molar-refractivity contribution in [1.29, 1.82) is 0 Å². The number of nitrogens with one attached hydrogen (secondary N) is 2. The first kappa shape index (κ1) is 17.4. The molecule has 1 aliphatic heterocycles. The number of piperazine rings is 1. The summed E-state index contributed by atoms with van der Waals surface area (Å²) in [5.41, 5.74) is 4.12. The molecule has 0 aliphatic carbocycles. The number of hydrogen-bond acceptors (Lipinski definition) is 1. The Morgan fingerprint density at radius 3 is 2.38 bits per heavy atom. The SMILES string of the molecule is Cc1cc(C(=O)C[NH+]2CC[NH+](C)CC2)c(C)n1-c1ccc(Br)cc1. The number of rotatable bonds is 4. The molecular weight excluding hydrogens is 366 g/mol.